The summed E-state index contributed by atoms with van der Waals surface area (Å²) in [5.41, 5.74) is 2.00. The second-order valence-corrected chi connectivity index (χ2v) is 5.91. The average molecular weight is 302 g/mol. The quantitative estimate of drug-likeness (QED) is 0.933. The van der Waals surface area contributed by atoms with Crippen LogP contribution in [-0.4, -0.2) is 20.9 Å². The fraction of sp³-hybridized carbons (Fsp3) is 0.412. The van der Waals surface area contributed by atoms with Crippen LogP contribution in [0.15, 0.2) is 24.3 Å². The monoisotopic (exact) mass is 302 g/mol. The maximum absolute atomic E-state index is 14.5. The van der Waals surface area contributed by atoms with Gasteiger partial charge in [-0.05, 0) is 36.5 Å². The second kappa shape index (κ2) is 5.91. The zero-order valence-corrected chi connectivity index (χ0v) is 12.6. The van der Waals surface area contributed by atoms with E-state index in [9.17, 15) is 9.18 Å². The van der Waals surface area contributed by atoms with Crippen molar-refractivity contribution in [1.82, 2.24) is 9.78 Å². The number of aromatic nitrogens is 2. The molecule has 2 aromatic rings. The lowest BCUT2D eigenvalue weighted by molar-refractivity contribution is 0.0689. The van der Waals surface area contributed by atoms with Crippen LogP contribution in [0.25, 0.3) is 11.3 Å². The van der Waals surface area contributed by atoms with E-state index in [2.05, 4.69) is 5.10 Å². The number of hydrogen-bond acceptors (Lipinski definition) is 2. The Morgan fingerprint density at radius 2 is 2.00 bits per heavy atom. The van der Waals surface area contributed by atoms with E-state index in [0.29, 0.717) is 17.2 Å². The van der Waals surface area contributed by atoms with E-state index in [0.717, 1.165) is 31.2 Å². The summed E-state index contributed by atoms with van der Waals surface area (Å²) >= 11 is 0. The van der Waals surface area contributed by atoms with Gasteiger partial charge in [0.05, 0.1) is 5.69 Å². The molecule has 1 N–H and O–H groups in total. The van der Waals surface area contributed by atoms with Gasteiger partial charge in [0.2, 0.25) is 0 Å². The number of aryl methyl sites for hydroxylation is 1. The zero-order valence-electron chi connectivity index (χ0n) is 12.6. The molecule has 3 rings (SSSR count). The summed E-state index contributed by atoms with van der Waals surface area (Å²) in [6.45, 7) is 0. The third-order valence-corrected chi connectivity index (χ3v) is 4.44. The Morgan fingerprint density at radius 3 is 2.59 bits per heavy atom. The minimum absolute atomic E-state index is 0.0331. The van der Waals surface area contributed by atoms with Crippen LogP contribution in [0, 0.1) is 5.82 Å². The van der Waals surface area contributed by atoms with Crippen LogP contribution in [0.4, 0.5) is 4.39 Å². The Kier molecular flexibility index (Phi) is 3.96. The molecule has 1 aromatic heterocycles. The maximum atomic E-state index is 14.5. The first-order chi connectivity index (χ1) is 10.6. The number of hydrogen-bond donors (Lipinski definition) is 1. The highest BCUT2D eigenvalue weighted by molar-refractivity contribution is 5.87. The summed E-state index contributed by atoms with van der Waals surface area (Å²) in [5.74, 6) is -0.979. The predicted octanol–water partition coefficient (Wildman–Crippen LogP) is 3.97. The van der Waals surface area contributed by atoms with E-state index < -0.39 is 5.97 Å². The topological polar surface area (TPSA) is 55.1 Å². The van der Waals surface area contributed by atoms with Crippen molar-refractivity contribution in [1.29, 1.82) is 0 Å². The Labute approximate surface area is 128 Å². The molecule has 0 saturated heterocycles. The fourth-order valence-corrected chi connectivity index (χ4v) is 3.27. The molecule has 1 aliphatic carbocycles. The van der Waals surface area contributed by atoms with E-state index in [-0.39, 0.29) is 11.5 Å². The number of rotatable bonds is 3. The molecule has 1 aliphatic rings. The molecule has 5 heteroatoms. The molecular weight excluding hydrogens is 283 g/mol. The van der Waals surface area contributed by atoms with Gasteiger partial charge in [-0.15, -0.1) is 0 Å². The van der Waals surface area contributed by atoms with Crippen molar-refractivity contribution in [2.75, 3.05) is 0 Å². The van der Waals surface area contributed by atoms with E-state index in [1.807, 2.05) is 12.1 Å². The van der Waals surface area contributed by atoms with Gasteiger partial charge in [-0.1, -0.05) is 31.4 Å². The van der Waals surface area contributed by atoms with Crippen LogP contribution in [0.5, 0.6) is 0 Å². The van der Waals surface area contributed by atoms with Crippen molar-refractivity contribution in [2.45, 2.75) is 38.0 Å². The Morgan fingerprint density at radius 1 is 1.27 bits per heavy atom. The molecule has 0 aliphatic heterocycles. The Bertz CT molecular complexity index is 703. The molecule has 4 nitrogen and oxygen atoms in total. The second-order valence-electron chi connectivity index (χ2n) is 5.91. The van der Waals surface area contributed by atoms with Crippen molar-refractivity contribution in [3.05, 3.63) is 41.3 Å². The SMILES string of the molecule is Cn1nc(C(=O)O)cc1-c1ccc(C2CCCCC2)c(F)c1. The third-order valence-electron chi connectivity index (χ3n) is 4.44. The number of carboxylic acids is 1. The van der Waals surface area contributed by atoms with Crippen molar-refractivity contribution in [3.8, 4) is 11.3 Å². The van der Waals surface area contributed by atoms with Gasteiger partial charge in [0.1, 0.15) is 5.82 Å². The van der Waals surface area contributed by atoms with Crippen LogP contribution in [0.2, 0.25) is 0 Å². The first-order valence-corrected chi connectivity index (χ1v) is 7.63. The molecule has 0 atom stereocenters. The molecule has 1 fully saturated rings. The van der Waals surface area contributed by atoms with Gasteiger partial charge < -0.3 is 5.11 Å². The van der Waals surface area contributed by atoms with Gasteiger partial charge in [-0.25, -0.2) is 9.18 Å². The lowest BCUT2D eigenvalue weighted by Crippen LogP contribution is -2.06. The summed E-state index contributed by atoms with van der Waals surface area (Å²) < 4.78 is 15.9. The number of carbonyl (C=O) groups is 1. The predicted molar refractivity (Wildman–Crippen MR) is 81.4 cm³/mol. The highest BCUT2D eigenvalue weighted by Gasteiger charge is 2.20. The molecule has 0 spiro atoms. The summed E-state index contributed by atoms with van der Waals surface area (Å²) in [6, 6.07) is 6.66. The first kappa shape index (κ1) is 14.8. The van der Waals surface area contributed by atoms with Gasteiger partial charge in [0.15, 0.2) is 5.69 Å². The van der Waals surface area contributed by atoms with E-state index in [4.69, 9.17) is 5.11 Å². The lowest BCUT2D eigenvalue weighted by Gasteiger charge is -2.22. The summed E-state index contributed by atoms with van der Waals surface area (Å²) in [4.78, 5) is 11.0. The van der Waals surface area contributed by atoms with Crippen molar-refractivity contribution >= 4 is 5.97 Å². The van der Waals surface area contributed by atoms with Crippen molar-refractivity contribution in [2.24, 2.45) is 7.05 Å². The average Bonchev–Trinajstić information content (AvgIpc) is 2.90. The van der Waals surface area contributed by atoms with Crippen LogP contribution in [0.3, 0.4) is 0 Å². The Balaban J connectivity index is 1.93. The molecule has 116 valence electrons. The number of carboxylic acid groups (broad SMARTS) is 1. The maximum Gasteiger partial charge on any atom is 0.356 e. The minimum Gasteiger partial charge on any atom is -0.476 e. The standard InChI is InChI=1S/C17H19FN2O2/c1-20-16(10-15(19-20)17(21)22)12-7-8-13(14(18)9-12)11-5-3-2-4-6-11/h7-11H,2-6H2,1H3,(H,21,22). The molecule has 0 bridgehead atoms. The molecule has 0 unspecified atom stereocenters. The largest absolute Gasteiger partial charge is 0.476 e. The summed E-state index contributed by atoms with van der Waals surface area (Å²) in [7, 11) is 1.66. The van der Waals surface area contributed by atoms with Gasteiger partial charge in [-0.3, -0.25) is 4.68 Å². The van der Waals surface area contributed by atoms with Gasteiger partial charge in [0.25, 0.3) is 0 Å². The van der Waals surface area contributed by atoms with E-state index in [1.54, 1.807) is 7.05 Å². The highest BCUT2D eigenvalue weighted by atomic mass is 19.1. The summed E-state index contributed by atoms with van der Waals surface area (Å²) in [6.07, 6.45) is 5.66. The highest BCUT2D eigenvalue weighted by Crippen LogP contribution is 2.35. The van der Waals surface area contributed by atoms with Gasteiger partial charge in [0, 0.05) is 12.6 Å². The number of aromatic carboxylic acids is 1. The molecule has 1 heterocycles. The molecule has 1 saturated carbocycles. The van der Waals surface area contributed by atoms with Crippen LogP contribution < -0.4 is 0 Å². The van der Waals surface area contributed by atoms with E-state index in [1.165, 1.54) is 23.2 Å². The Hall–Kier alpha value is -2.17. The number of benzene rings is 1. The number of halogens is 1. The molecular formula is C17H19FN2O2. The van der Waals surface area contributed by atoms with Crippen molar-refractivity contribution in [3.63, 3.8) is 0 Å². The molecule has 0 amide bonds. The van der Waals surface area contributed by atoms with Crippen LogP contribution in [-0.2, 0) is 7.05 Å². The first-order valence-electron chi connectivity index (χ1n) is 7.63. The molecule has 1 aromatic carbocycles. The van der Waals surface area contributed by atoms with Gasteiger partial charge in [-0.2, -0.15) is 5.10 Å². The zero-order chi connectivity index (χ0) is 15.7. The van der Waals surface area contributed by atoms with Gasteiger partial charge >= 0.3 is 5.97 Å². The van der Waals surface area contributed by atoms with Crippen molar-refractivity contribution < 1.29 is 14.3 Å². The van der Waals surface area contributed by atoms with Crippen LogP contribution in [0.1, 0.15) is 54.1 Å². The van der Waals surface area contributed by atoms with Crippen LogP contribution >= 0.6 is 0 Å². The summed E-state index contributed by atoms with van der Waals surface area (Å²) in [5, 5.41) is 12.9. The molecule has 22 heavy (non-hydrogen) atoms. The minimum atomic E-state index is -1.08. The smallest absolute Gasteiger partial charge is 0.356 e. The van der Waals surface area contributed by atoms with E-state index >= 15 is 0 Å². The normalized spacial score (nSPS) is 15.9. The number of nitrogens with zero attached hydrogens (tertiary/aromatic N) is 2. The fourth-order valence-electron chi connectivity index (χ4n) is 3.27. The third kappa shape index (κ3) is 2.75. The lowest BCUT2D eigenvalue weighted by atomic mass is 9.83. The molecule has 0 radical (unpaired) electrons.